The van der Waals surface area contributed by atoms with Crippen LogP contribution in [0.2, 0.25) is 0 Å². The fourth-order valence-corrected chi connectivity index (χ4v) is 1.59. The number of nitrogens with two attached hydrogens (primary N) is 1. The first-order valence-electron chi connectivity index (χ1n) is 5.82. The summed E-state index contributed by atoms with van der Waals surface area (Å²) in [6.45, 7) is 3.09. The summed E-state index contributed by atoms with van der Waals surface area (Å²) in [5.41, 5.74) is 6.88. The molecular weight excluding hydrogens is 202 g/mol. The van der Waals surface area contributed by atoms with E-state index in [1.54, 1.807) is 0 Å². The molecule has 1 aliphatic carbocycles. The SMILES string of the molecule is C[C@H](N)c1ccccc1OCOCC1CC1. The Bertz CT molecular complexity index is 334. The fourth-order valence-electron chi connectivity index (χ4n) is 1.59. The van der Waals surface area contributed by atoms with E-state index in [4.69, 9.17) is 15.2 Å². The summed E-state index contributed by atoms with van der Waals surface area (Å²) in [7, 11) is 0. The zero-order chi connectivity index (χ0) is 11.4. The van der Waals surface area contributed by atoms with E-state index in [-0.39, 0.29) is 6.04 Å². The smallest absolute Gasteiger partial charge is 0.189 e. The highest BCUT2D eigenvalue weighted by Gasteiger charge is 2.21. The average molecular weight is 221 g/mol. The molecule has 0 aromatic heterocycles. The summed E-state index contributed by atoms with van der Waals surface area (Å²) in [5.74, 6) is 1.60. The third kappa shape index (κ3) is 3.22. The first-order valence-corrected chi connectivity index (χ1v) is 5.82. The summed E-state index contributed by atoms with van der Waals surface area (Å²) in [5, 5.41) is 0. The summed E-state index contributed by atoms with van der Waals surface area (Å²) in [6, 6.07) is 7.82. The van der Waals surface area contributed by atoms with Gasteiger partial charge in [-0.05, 0) is 31.7 Å². The lowest BCUT2D eigenvalue weighted by Crippen LogP contribution is -2.10. The van der Waals surface area contributed by atoms with Crippen LogP contribution in [-0.4, -0.2) is 13.4 Å². The van der Waals surface area contributed by atoms with Crippen LogP contribution >= 0.6 is 0 Å². The predicted molar refractivity (Wildman–Crippen MR) is 63.2 cm³/mol. The fraction of sp³-hybridized carbons (Fsp3) is 0.538. The van der Waals surface area contributed by atoms with Gasteiger partial charge in [0.25, 0.3) is 0 Å². The molecule has 2 N–H and O–H groups in total. The Morgan fingerprint density at radius 3 is 2.81 bits per heavy atom. The summed E-state index contributed by atoms with van der Waals surface area (Å²) in [4.78, 5) is 0. The van der Waals surface area contributed by atoms with Gasteiger partial charge >= 0.3 is 0 Å². The lowest BCUT2D eigenvalue weighted by molar-refractivity contribution is 0.00934. The standard InChI is InChI=1S/C13H19NO2/c1-10(14)12-4-2-3-5-13(12)16-9-15-8-11-6-7-11/h2-5,10-11H,6-9,14H2,1H3/t10-/m0/s1. The van der Waals surface area contributed by atoms with Crippen molar-refractivity contribution in [3.63, 3.8) is 0 Å². The second-order valence-electron chi connectivity index (χ2n) is 4.40. The van der Waals surface area contributed by atoms with Crippen LogP contribution < -0.4 is 10.5 Å². The Morgan fingerprint density at radius 2 is 2.12 bits per heavy atom. The van der Waals surface area contributed by atoms with Crippen LogP contribution in [0.4, 0.5) is 0 Å². The van der Waals surface area contributed by atoms with Crippen LogP contribution in [0.3, 0.4) is 0 Å². The van der Waals surface area contributed by atoms with E-state index in [2.05, 4.69) is 0 Å². The number of benzene rings is 1. The van der Waals surface area contributed by atoms with Crippen molar-refractivity contribution in [2.45, 2.75) is 25.8 Å². The molecule has 1 aliphatic rings. The van der Waals surface area contributed by atoms with Gasteiger partial charge in [0.05, 0.1) is 6.61 Å². The minimum Gasteiger partial charge on any atom is -0.467 e. The Morgan fingerprint density at radius 1 is 1.38 bits per heavy atom. The first kappa shape index (κ1) is 11.4. The van der Waals surface area contributed by atoms with E-state index in [9.17, 15) is 0 Å². The minimum atomic E-state index is -0.0142. The number of hydrogen-bond acceptors (Lipinski definition) is 3. The van der Waals surface area contributed by atoms with Gasteiger partial charge in [-0.15, -0.1) is 0 Å². The number of hydrogen-bond donors (Lipinski definition) is 1. The van der Waals surface area contributed by atoms with E-state index in [0.717, 1.165) is 23.8 Å². The minimum absolute atomic E-state index is 0.0142. The molecule has 1 saturated carbocycles. The quantitative estimate of drug-likeness (QED) is 0.593. The molecule has 3 nitrogen and oxygen atoms in total. The van der Waals surface area contributed by atoms with Crippen molar-refractivity contribution in [1.82, 2.24) is 0 Å². The molecule has 3 heteroatoms. The van der Waals surface area contributed by atoms with Gasteiger partial charge in [0.2, 0.25) is 0 Å². The molecule has 0 heterocycles. The first-order chi connectivity index (χ1) is 7.77. The average Bonchev–Trinajstić information content (AvgIpc) is 3.08. The second kappa shape index (κ2) is 5.32. The van der Waals surface area contributed by atoms with Gasteiger partial charge in [-0.25, -0.2) is 0 Å². The van der Waals surface area contributed by atoms with Crippen LogP contribution in [0.1, 0.15) is 31.4 Å². The van der Waals surface area contributed by atoms with Gasteiger partial charge in [0.15, 0.2) is 6.79 Å². The second-order valence-corrected chi connectivity index (χ2v) is 4.40. The molecule has 1 fully saturated rings. The molecule has 1 atom stereocenters. The van der Waals surface area contributed by atoms with E-state index >= 15 is 0 Å². The van der Waals surface area contributed by atoms with Crippen LogP contribution in [0.25, 0.3) is 0 Å². The summed E-state index contributed by atoms with van der Waals surface area (Å²) < 4.78 is 11.0. The summed E-state index contributed by atoms with van der Waals surface area (Å²) in [6.07, 6.45) is 2.60. The zero-order valence-corrected chi connectivity index (χ0v) is 9.69. The van der Waals surface area contributed by atoms with Crippen molar-refractivity contribution in [2.75, 3.05) is 13.4 Å². The Kier molecular flexibility index (Phi) is 3.80. The lowest BCUT2D eigenvalue weighted by Gasteiger charge is -2.13. The van der Waals surface area contributed by atoms with Gasteiger partial charge < -0.3 is 15.2 Å². The van der Waals surface area contributed by atoms with E-state index in [1.165, 1.54) is 12.8 Å². The molecular formula is C13H19NO2. The molecule has 0 spiro atoms. The molecule has 16 heavy (non-hydrogen) atoms. The largest absolute Gasteiger partial charge is 0.467 e. The molecule has 1 aromatic carbocycles. The Hall–Kier alpha value is -1.06. The lowest BCUT2D eigenvalue weighted by atomic mass is 10.1. The highest BCUT2D eigenvalue weighted by Crippen LogP contribution is 2.29. The molecule has 0 aliphatic heterocycles. The maximum atomic E-state index is 5.86. The molecule has 88 valence electrons. The van der Waals surface area contributed by atoms with Crippen molar-refractivity contribution in [3.05, 3.63) is 29.8 Å². The van der Waals surface area contributed by atoms with Crippen LogP contribution in [0.15, 0.2) is 24.3 Å². The summed E-state index contributed by atoms with van der Waals surface area (Å²) >= 11 is 0. The van der Waals surface area contributed by atoms with Crippen LogP contribution in [-0.2, 0) is 4.74 Å². The highest BCUT2D eigenvalue weighted by molar-refractivity contribution is 5.35. The van der Waals surface area contributed by atoms with E-state index in [0.29, 0.717) is 6.79 Å². The van der Waals surface area contributed by atoms with Crippen LogP contribution in [0.5, 0.6) is 5.75 Å². The monoisotopic (exact) mass is 221 g/mol. The number of ether oxygens (including phenoxy) is 2. The van der Waals surface area contributed by atoms with E-state index in [1.807, 2.05) is 31.2 Å². The van der Waals surface area contributed by atoms with Crippen molar-refractivity contribution in [3.8, 4) is 5.75 Å². The topological polar surface area (TPSA) is 44.5 Å². The number of para-hydroxylation sites is 1. The van der Waals surface area contributed by atoms with Gasteiger partial charge in [-0.2, -0.15) is 0 Å². The molecule has 0 radical (unpaired) electrons. The Labute approximate surface area is 96.5 Å². The molecule has 2 rings (SSSR count). The normalized spacial score (nSPS) is 17.1. The van der Waals surface area contributed by atoms with E-state index < -0.39 is 0 Å². The third-order valence-electron chi connectivity index (χ3n) is 2.76. The maximum absolute atomic E-state index is 5.86. The molecule has 0 saturated heterocycles. The van der Waals surface area contributed by atoms with Crippen molar-refractivity contribution in [2.24, 2.45) is 11.7 Å². The molecule has 1 aromatic rings. The molecule has 0 amide bonds. The van der Waals surface area contributed by atoms with Crippen molar-refractivity contribution in [1.29, 1.82) is 0 Å². The predicted octanol–water partition coefficient (Wildman–Crippen LogP) is 2.47. The van der Waals surface area contributed by atoms with Crippen molar-refractivity contribution < 1.29 is 9.47 Å². The molecule has 0 bridgehead atoms. The third-order valence-corrected chi connectivity index (χ3v) is 2.76. The van der Waals surface area contributed by atoms with Crippen molar-refractivity contribution >= 4 is 0 Å². The zero-order valence-electron chi connectivity index (χ0n) is 9.69. The highest BCUT2D eigenvalue weighted by atomic mass is 16.7. The molecule has 0 unspecified atom stereocenters. The maximum Gasteiger partial charge on any atom is 0.189 e. The van der Waals surface area contributed by atoms with Crippen LogP contribution in [0, 0.1) is 5.92 Å². The number of rotatable bonds is 6. The van der Waals surface area contributed by atoms with Gasteiger partial charge in [0, 0.05) is 11.6 Å². The van der Waals surface area contributed by atoms with Gasteiger partial charge in [-0.1, -0.05) is 18.2 Å². The Balaban J connectivity index is 1.82. The van der Waals surface area contributed by atoms with Gasteiger partial charge in [-0.3, -0.25) is 0 Å². The van der Waals surface area contributed by atoms with Gasteiger partial charge in [0.1, 0.15) is 5.75 Å².